The number of hydrogen-bond acceptors (Lipinski definition) is 2. The molecular formula is C23H23NO2. The van der Waals surface area contributed by atoms with Gasteiger partial charge >= 0.3 is 0 Å². The van der Waals surface area contributed by atoms with E-state index in [1.165, 1.54) is 0 Å². The van der Waals surface area contributed by atoms with Crippen molar-refractivity contribution in [1.29, 1.82) is 0 Å². The third-order valence-electron chi connectivity index (χ3n) is 4.56. The normalized spacial score (nSPS) is 11.8. The summed E-state index contributed by atoms with van der Waals surface area (Å²) in [4.78, 5) is 12.6. The molecule has 0 aliphatic heterocycles. The van der Waals surface area contributed by atoms with Crippen molar-refractivity contribution in [3.8, 4) is 5.75 Å². The number of hydrogen-bond donors (Lipinski definition) is 2. The molecule has 3 heteroatoms. The topological polar surface area (TPSA) is 49.3 Å². The maximum absolute atomic E-state index is 12.6. The van der Waals surface area contributed by atoms with Gasteiger partial charge < -0.3 is 10.4 Å². The third kappa shape index (κ3) is 4.12. The predicted octanol–water partition coefficient (Wildman–Crippen LogP) is 5.17. The lowest BCUT2D eigenvalue weighted by molar-refractivity contribution is -0.116. The van der Waals surface area contributed by atoms with Crippen molar-refractivity contribution in [2.75, 3.05) is 5.32 Å². The van der Waals surface area contributed by atoms with Crippen molar-refractivity contribution in [2.24, 2.45) is 0 Å². The van der Waals surface area contributed by atoms with Gasteiger partial charge in [-0.3, -0.25) is 4.79 Å². The van der Waals surface area contributed by atoms with E-state index < -0.39 is 0 Å². The van der Waals surface area contributed by atoms with Gasteiger partial charge in [-0.15, -0.1) is 0 Å². The molecule has 2 N–H and O–H groups in total. The Bertz CT molecular complexity index is 866. The van der Waals surface area contributed by atoms with E-state index in [4.69, 9.17) is 0 Å². The van der Waals surface area contributed by atoms with Crippen LogP contribution in [0.4, 0.5) is 5.69 Å². The average molecular weight is 345 g/mol. The van der Waals surface area contributed by atoms with Crippen molar-refractivity contribution in [2.45, 2.75) is 26.2 Å². The highest BCUT2D eigenvalue weighted by atomic mass is 16.3. The number of rotatable bonds is 5. The minimum absolute atomic E-state index is 0.0339. The van der Waals surface area contributed by atoms with Gasteiger partial charge in [0.1, 0.15) is 5.75 Å². The van der Waals surface area contributed by atoms with Crippen LogP contribution in [0.1, 0.15) is 34.6 Å². The zero-order chi connectivity index (χ0) is 18.5. The molecule has 0 aromatic heterocycles. The van der Waals surface area contributed by atoms with Crippen LogP contribution in [0.15, 0.2) is 72.8 Å². The molecule has 0 fully saturated rings. The number of aryl methyl sites for hydroxylation is 2. The molecule has 3 aromatic rings. The molecule has 3 aromatic carbocycles. The summed E-state index contributed by atoms with van der Waals surface area (Å²) in [6.45, 7) is 3.77. The van der Waals surface area contributed by atoms with Crippen molar-refractivity contribution >= 4 is 11.6 Å². The smallest absolute Gasteiger partial charge is 0.225 e. The molecule has 0 aliphatic carbocycles. The summed E-state index contributed by atoms with van der Waals surface area (Å²) >= 11 is 0. The van der Waals surface area contributed by atoms with Gasteiger partial charge in [0.15, 0.2) is 0 Å². The van der Waals surface area contributed by atoms with Crippen LogP contribution in [-0.2, 0) is 4.79 Å². The quantitative estimate of drug-likeness (QED) is 0.670. The summed E-state index contributed by atoms with van der Waals surface area (Å²) in [5.74, 6) is 0.209. The van der Waals surface area contributed by atoms with Gasteiger partial charge in [0.05, 0.1) is 0 Å². The van der Waals surface area contributed by atoms with Gasteiger partial charge in [-0.05, 0) is 48.2 Å². The zero-order valence-electron chi connectivity index (χ0n) is 15.1. The van der Waals surface area contributed by atoms with Gasteiger partial charge in [-0.2, -0.15) is 0 Å². The maximum Gasteiger partial charge on any atom is 0.225 e. The minimum Gasteiger partial charge on any atom is -0.507 e. The summed E-state index contributed by atoms with van der Waals surface area (Å²) in [6, 6.07) is 23.4. The van der Waals surface area contributed by atoms with E-state index in [1.54, 1.807) is 0 Å². The average Bonchev–Trinajstić information content (AvgIpc) is 2.65. The summed E-state index contributed by atoms with van der Waals surface area (Å²) in [6.07, 6.45) is 0.336. The number of carbonyl (C=O) groups excluding carboxylic acids is 1. The Morgan fingerprint density at radius 3 is 2.00 bits per heavy atom. The molecule has 0 aliphatic rings. The first-order chi connectivity index (χ1) is 12.5. The Labute approximate surface area is 154 Å². The Kier molecular flexibility index (Phi) is 5.37. The fourth-order valence-corrected chi connectivity index (χ4v) is 3.22. The highest BCUT2D eigenvalue weighted by molar-refractivity contribution is 5.91. The number of nitrogens with one attached hydrogen (secondary N) is 1. The van der Waals surface area contributed by atoms with Crippen molar-refractivity contribution in [1.82, 2.24) is 0 Å². The molecule has 0 radical (unpaired) electrons. The Morgan fingerprint density at radius 1 is 0.885 bits per heavy atom. The lowest BCUT2D eigenvalue weighted by Gasteiger charge is -2.20. The summed E-state index contributed by atoms with van der Waals surface area (Å²) < 4.78 is 0. The van der Waals surface area contributed by atoms with Crippen LogP contribution >= 0.6 is 0 Å². The number of para-hydroxylation sites is 1. The Morgan fingerprint density at radius 2 is 1.42 bits per heavy atom. The molecule has 1 atom stereocenters. The second-order valence-electron chi connectivity index (χ2n) is 6.58. The number of anilines is 1. The first-order valence-electron chi connectivity index (χ1n) is 8.74. The molecule has 1 amide bonds. The fraction of sp³-hybridized carbons (Fsp3) is 0.174. The Hall–Kier alpha value is -3.07. The van der Waals surface area contributed by atoms with E-state index in [0.717, 1.165) is 27.9 Å². The molecule has 0 saturated heterocycles. The van der Waals surface area contributed by atoms with Gasteiger partial charge in [0, 0.05) is 18.0 Å². The van der Waals surface area contributed by atoms with Crippen LogP contribution in [0.25, 0.3) is 0 Å². The van der Waals surface area contributed by atoms with Gasteiger partial charge in [0.25, 0.3) is 0 Å². The van der Waals surface area contributed by atoms with Crippen molar-refractivity contribution in [3.63, 3.8) is 0 Å². The number of benzene rings is 3. The van der Waals surface area contributed by atoms with Gasteiger partial charge in [-0.25, -0.2) is 0 Å². The summed E-state index contributed by atoms with van der Waals surface area (Å²) in [5, 5.41) is 13.0. The van der Waals surface area contributed by atoms with Crippen molar-refractivity contribution in [3.05, 3.63) is 95.1 Å². The number of aromatic hydroxyl groups is 1. The van der Waals surface area contributed by atoms with E-state index >= 15 is 0 Å². The summed E-state index contributed by atoms with van der Waals surface area (Å²) in [5.41, 5.74) is 4.56. The van der Waals surface area contributed by atoms with E-state index in [9.17, 15) is 9.90 Å². The second kappa shape index (κ2) is 7.87. The molecule has 0 heterocycles. The van der Waals surface area contributed by atoms with E-state index in [1.807, 2.05) is 86.6 Å². The molecule has 1 unspecified atom stereocenters. The molecule has 3 rings (SSSR count). The van der Waals surface area contributed by atoms with Crippen molar-refractivity contribution < 1.29 is 9.90 Å². The SMILES string of the molecule is Cc1cc(C(CC(=O)Nc2ccccc2)c2ccccc2)cc(C)c1O. The molecule has 3 nitrogen and oxygen atoms in total. The highest BCUT2D eigenvalue weighted by Crippen LogP contribution is 2.33. The summed E-state index contributed by atoms with van der Waals surface area (Å²) in [7, 11) is 0. The van der Waals surface area contributed by atoms with Gasteiger partial charge in [0.2, 0.25) is 5.91 Å². The largest absolute Gasteiger partial charge is 0.507 e. The van der Waals surface area contributed by atoms with Gasteiger partial charge in [-0.1, -0.05) is 60.7 Å². The first kappa shape index (κ1) is 17.7. The molecule has 0 saturated carbocycles. The minimum atomic E-state index is -0.0714. The van der Waals surface area contributed by atoms with Crippen LogP contribution in [0.5, 0.6) is 5.75 Å². The van der Waals surface area contributed by atoms with E-state index in [0.29, 0.717) is 12.2 Å². The maximum atomic E-state index is 12.6. The molecule has 26 heavy (non-hydrogen) atoms. The van der Waals surface area contributed by atoms with Crippen LogP contribution in [-0.4, -0.2) is 11.0 Å². The van der Waals surface area contributed by atoms with Crippen LogP contribution in [0.3, 0.4) is 0 Å². The lowest BCUT2D eigenvalue weighted by atomic mass is 9.86. The van der Waals surface area contributed by atoms with E-state index in [2.05, 4.69) is 5.32 Å². The molecule has 132 valence electrons. The molecular weight excluding hydrogens is 322 g/mol. The molecule has 0 bridgehead atoms. The number of amides is 1. The van der Waals surface area contributed by atoms with Crippen LogP contribution in [0.2, 0.25) is 0 Å². The number of phenolic OH excluding ortho intramolecular Hbond substituents is 1. The number of carbonyl (C=O) groups is 1. The first-order valence-corrected chi connectivity index (χ1v) is 8.74. The third-order valence-corrected chi connectivity index (χ3v) is 4.56. The highest BCUT2D eigenvalue weighted by Gasteiger charge is 2.20. The monoisotopic (exact) mass is 345 g/mol. The molecule has 0 spiro atoms. The second-order valence-corrected chi connectivity index (χ2v) is 6.58. The van der Waals surface area contributed by atoms with Crippen LogP contribution < -0.4 is 5.32 Å². The standard InChI is InChI=1S/C23H23NO2/c1-16-13-19(14-17(2)23(16)26)21(18-9-5-3-6-10-18)15-22(25)24-20-11-7-4-8-12-20/h3-14,21,26H,15H2,1-2H3,(H,24,25). The lowest BCUT2D eigenvalue weighted by Crippen LogP contribution is -2.16. The van der Waals surface area contributed by atoms with Crippen LogP contribution in [0, 0.1) is 13.8 Å². The number of phenols is 1. The predicted molar refractivity (Wildman–Crippen MR) is 106 cm³/mol. The van der Waals surface area contributed by atoms with E-state index in [-0.39, 0.29) is 11.8 Å². The zero-order valence-corrected chi connectivity index (χ0v) is 15.1. The Balaban J connectivity index is 1.91. The fourth-order valence-electron chi connectivity index (χ4n) is 3.22.